The van der Waals surface area contributed by atoms with Gasteiger partial charge in [-0.3, -0.25) is 0 Å². The zero-order chi connectivity index (χ0) is 9.40. The summed E-state index contributed by atoms with van der Waals surface area (Å²) in [6, 6.07) is 0. The smallest absolute Gasteiger partial charge is 0.339 e. The molecular weight excluding hydrogens is 156 g/mol. The van der Waals surface area contributed by atoms with Crippen LogP contribution >= 0.6 is 0 Å². The molecule has 1 unspecified atom stereocenters. The third-order valence-electron chi connectivity index (χ3n) is 1.35. The van der Waals surface area contributed by atoms with E-state index in [9.17, 15) is 4.79 Å². The van der Waals surface area contributed by atoms with Crippen molar-refractivity contribution in [2.45, 2.75) is 39.2 Å². The monoisotopic (exact) mass is 172 g/mol. The summed E-state index contributed by atoms with van der Waals surface area (Å²) in [4.78, 5) is 10.7. The highest BCUT2D eigenvalue weighted by Gasteiger charge is 2.07. The van der Waals surface area contributed by atoms with Crippen molar-refractivity contribution in [3.63, 3.8) is 0 Å². The first-order chi connectivity index (χ1) is 5.68. The van der Waals surface area contributed by atoms with Crippen molar-refractivity contribution in [1.82, 2.24) is 0 Å². The molecule has 0 aliphatic heterocycles. The molecule has 0 heterocycles. The molecule has 1 N–H and O–H groups in total. The van der Waals surface area contributed by atoms with E-state index in [1.807, 2.05) is 0 Å². The maximum absolute atomic E-state index is 10.7. The van der Waals surface area contributed by atoms with Gasteiger partial charge in [0, 0.05) is 0 Å². The number of esters is 1. The van der Waals surface area contributed by atoms with Crippen LogP contribution in [0.5, 0.6) is 0 Å². The van der Waals surface area contributed by atoms with Crippen LogP contribution in [0, 0.1) is 0 Å². The van der Waals surface area contributed by atoms with Gasteiger partial charge in [0.25, 0.3) is 0 Å². The van der Waals surface area contributed by atoms with E-state index in [4.69, 9.17) is 5.11 Å². The van der Waals surface area contributed by atoms with Gasteiger partial charge in [-0.25, -0.2) is 4.79 Å². The van der Waals surface area contributed by atoms with Gasteiger partial charge < -0.3 is 9.84 Å². The van der Waals surface area contributed by atoms with Gasteiger partial charge in [-0.05, 0) is 25.8 Å². The number of unbranched alkanes of at least 4 members (excludes halogenated alkanes) is 2. The Morgan fingerprint density at radius 1 is 1.67 bits per heavy atom. The van der Waals surface area contributed by atoms with E-state index in [1.54, 1.807) is 6.08 Å². The summed E-state index contributed by atoms with van der Waals surface area (Å²) in [6.45, 7) is 3.47. The van der Waals surface area contributed by atoms with Crippen LogP contribution in [-0.4, -0.2) is 17.2 Å². The van der Waals surface area contributed by atoms with Crippen molar-refractivity contribution in [2.24, 2.45) is 0 Å². The molecule has 0 saturated carbocycles. The Balaban J connectivity index is 3.40. The average Bonchev–Trinajstić information content (AvgIpc) is 2.03. The van der Waals surface area contributed by atoms with E-state index in [0.29, 0.717) is 0 Å². The first kappa shape index (κ1) is 11.2. The molecule has 0 rings (SSSR count). The lowest BCUT2D eigenvalue weighted by atomic mass is 10.2. The minimum atomic E-state index is -1.04. The Morgan fingerprint density at radius 2 is 2.33 bits per heavy atom. The Kier molecular flexibility index (Phi) is 6.38. The molecule has 0 aromatic rings. The molecule has 0 aliphatic carbocycles. The molecule has 3 heteroatoms. The number of carbonyl (C=O) groups is 1. The summed E-state index contributed by atoms with van der Waals surface area (Å²) in [5.41, 5.74) is 0. The van der Waals surface area contributed by atoms with E-state index in [2.05, 4.69) is 11.7 Å². The van der Waals surface area contributed by atoms with Gasteiger partial charge in [0.2, 0.25) is 0 Å². The Bertz CT molecular complexity index is 150. The number of aliphatic hydroxyl groups is 1. The van der Waals surface area contributed by atoms with Gasteiger partial charge in [-0.1, -0.05) is 13.3 Å². The van der Waals surface area contributed by atoms with E-state index in [0.717, 1.165) is 19.3 Å². The first-order valence-electron chi connectivity index (χ1n) is 4.22. The third kappa shape index (κ3) is 5.92. The van der Waals surface area contributed by atoms with E-state index in [-0.39, 0.29) is 0 Å². The molecule has 0 bridgehead atoms. The summed E-state index contributed by atoms with van der Waals surface area (Å²) in [7, 11) is 0. The number of hydrogen-bond acceptors (Lipinski definition) is 3. The SMILES string of the molecule is CCCC/C=C\OC(=O)C(C)O. The van der Waals surface area contributed by atoms with Crippen LogP contribution < -0.4 is 0 Å². The number of aliphatic hydroxyl groups excluding tert-OH is 1. The van der Waals surface area contributed by atoms with Crippen LogP contribution in [0.15, 0.2) is 12.3 Å². The van der Waals surface area contributed by atoms with Crippen molar-refractivity contribution >= 4 is 5.97 Å². The molecule has 0 saturated heterocycles. The van der Waals surface area contributed by atoms with Crippen molar-refractivity contribution in [2.75, 3.05) is 0 Å². The minimum absolute atomic E-state index is 0.609. The predicted octanol–water partition coefficient (Wildman–Crippen LogP) is 1.61. The van der Waals surface area contributed by atoms with Crippen molar-refractivity contribution in [3.8, 4) is 0 Å². The lowest BCUT2D eigenvalue weighted by Gasteiger charge is -1.99. The van der Waals surface area contributed by atoms with Crippen LogP contribution in [-0.2, 0) is 9.53 Å². The topological polar surface area (TPSA) is 46.5 Å². The molecule has 0 radical (unpaired) electrons. The van der Waals surface area contributed by atoms with E-state index >= 15 is 0 Å². The maximum Gasteiger partial charge on any atom is 0.339 e. The number of allylic oxidation sites excluding steroid dienone is 1. The molecule has 0 fully saturated rings. The number of rotatable bonds is 5. The molecule has 70 valence electrons. The highest BCUT2D eigenvalue weighted by Crippen LogP contribution is 1.95. The minimum Gasteiger partial charge on any atom is -0.433 e. The van der Waals surface area contributed by atoms with E-state index < -0.39 is 12.1 Å². The lowest BCUT2D eigenvalue weighted by Crippen LogP contribution is -2.16. The summed E-state index contributed by atoms with van der Waals surface area (Å²) in [5.74, 6) is -0.609. The fourth-order valence-corrected chi connectivity index (χ4v) is 0.604. The average molecular weight is 172 g/mol. The summed E-state index contributed by atoms with van der Waals surface area (Å²) in [5, 5.41) is 8.72. The molecule has 0 aliphatic rings. The summed E-state index contributed by atoms with van der Waals surface area (Å²) < 4.78 is 4.58. The molecular formula is C9H16O3. The quantitative estimate of drug-likeness (QED) is 0.389. The summed E-state index contributed by atoms with van der Waals surface area (Å²) >= 11 is 0. The standard InChI is InChI=1S/C9H16O3/c1-3-4-5-6-7-12-9(11)8(2)10/h6-8,10H,3-5H2,1-2H3/b7-6-. The molecule has 0 amide bonds. The lowest BCUT2D eigenvalue weighted by molar-refractivity contribution is -0.146. The van der Waals surface area contributed by atoms with Gasteiger partial charge in [0.1, 0.15) is 6.10 Å². The van der Waals surface area contributed by atoms with Crippen LogP contribution in [0.25, 0.3) is 0 Å². The Morgan fingerprint density at radius 3 is 2.83 bits per heavy atom. The van der Waals surface area contributed by atoms with Crippen LogP contribution in [0.2, 0.25) is 0 Å². The molecule has 0 spiro atoms. The predicted molar refractivity (Wildman–Crippen MR) is 46.4 cm³/mol. The van der Waals surface area contributed by atoms with Crippen LogP contribution in [0.4, 0.5) is 0 Å². The van der Waals surface area contributed by atoms with Gasteiger partial charge in [0.15, 0.2) is 0 Å². The van der Waals surface area contributed by atoms with E-state index in [1.165, 1.54) is 13.2 Å². The van der Waals surface area contributed by atoms with Gasteiger partial charge in [-0.15, -0.1) is 0 Å². The second-order valence-electron chi connectivity index (χ2n) is 2.63. The van der Waals surface area contributed by atoms with Crippen molar-refractivity contribution in [1.29, 1.82) is 0 Å². The number of carbonyl (C=O) groups excluding carboxylic acids is 1. The highest BCUT2D eigenvalue weighted by atomic mass is 16.5. The molecule has 3 nitrogen and oxygen atoms in total. The molecule has 1 atom stereocenters. The molecule has 12 heavy (non-hydrogen) atoms. The number of hydrogen-bond donors (Lipinski definition) is 1. The maximum atomic E-state index is 10.7. The third-order valence-corrected chi connectivity index (χ3v) is 1.35. The van der Waals surface area contributed by atoms with Crippen molar-refractivity contribution in [3.05, 3.63) is 12.3 Å². The largest absolute Gasteiger partial charge is 0.433 e. The van der Waals surface area contributed by atoms with Gasteiger partial charge in [-0.2, -0.15) is 0 Å². The fraction of sp³-hybridized carbons (Fsp3) is 0.667. The zero-order valence-electron chi connectivity index (χ0n) is 7.62. The number of ether oxygens (including phenoxy) is 1. The second kappa shape index (κ2) is 6.85. The Labute approximate surface area is 73.0 Å². The summed E-state index contributed by atoms with van der Waals surface area (Å²) in [6.07, 6.45) is 5.19. The molecule has 0 aromatic carbocycles. The molecule has 0 aromatic heterocycles. The fourth-order valence-electron chi connectivity index (χ4n) is 0.604. The second-order valence-corrected chi connectivity index (χ2v) is 2.63. The first-order valence-corrected chi connectivity index (χ1v) is 4.22. The van der Waals surface area contributed by atoms with Gasteiger partial charge in [0.05, 0.1) is 6.26 Å². The van der Waals surface area contributed by atoms with Crippen molar-refractivity contribution < 1.29 is 14.6 Å². The van der Waals surface area contributed by atoms with Crippen LogP contribution in [0.1, 0.15) is 33.1 Å². The van der Waals surface area contributed by atoms with Crippen LogP contribution in [0.3, 0.4) is 0 Å². The Hall–Kier alpha value is -0.830. The highest BCUT2D eigenvalue weighted by molar-refractivity contribution is 5.74. The van der Waals surface area contributed by atoms with Gasteiger partial charge >= 0.3 is 5.97 Å². The normalized spacial score (nSPS) is 13.2. The zero-order valence-corrected chi connectivity index (χ0v) is 7.62.